The van der Waals surface area contributed by atoms with Gasteiger partial charge in [0.1, 0.15) is 17.8 Å². The topological polar surface area (TPSA) is 65.4 Å². The number of carbonyl (C=O) groups is 1. The van der Waals surface area contributed by atoms with E-state index in [0.717, 1.165) is 36.8 Å². The van der Waals surface area contributed by atoms with Crippen LogP contribution in [-0.4, -0.2) is 51.3 Å². The molecular formula is C29H35F3N4O3. The Labute approximate surface area is 225 Å². The zero-order valence-electron chi connectivity index (χ0n) is 22.8. The zero-order chi connectivity index (χ0) is 27.9. The van der Waals surface area contributed by atoms with Crippen molar-refractivity contribution in [2.24, 2.45) is 18.9 Å². The van der Waals surface area contributed by atoms with Crippen molar-refractivity contribution in [1.82, 2.24) is 19.0 Å². The van der Waals surface area contributed by atoms with Crippen LogP contribution in [0.4, 0.5) is 13.2 Å². The molecule has 1 aromatic carbocycles. The highest BCUT2D eigenvalue weighted by Crippen LogP contribution is 2.36. The molecule has 3 aromatic heterocycles. The summed E-state index contributed by atoms with van der Waals surface area (Å²) in [4.78, 5) is 20.2. The molecule has 2 atom stereocenters. The summed E-state index contributed by atoms with van der Waals surface area (Å²) in [6, 6.07) is 6.69. The Morgan fingerprint density at radius 1 is 1.28 bits per heavy atom. The molecule has 10 heteroatoms. The molecule has 7 nitrogen and oxygen atoms in total. The number of alkyl halides is 3. The summed E-state index contributed by atoms with van der Waals surface area (Å²) in [5.74, 6) is 1.87. The van der Waals surface area contributed by atoms with Crippen molar-refractivity contribution in [3.8, 4) is 17.3 Å². The lowest BCUT2D eigenvalue weighted by Gasteiger charge is -2.33. The van der Waals surface area contributed by atoms with Crippen molar-refractivity contribution in [3.63, 3.8) is 0 Å². The third kappa shape index (κ3) is 5.38. The Balaban J connectivity index is 1.49. The lowest BCUT2D eigenvalue weighted by molar-refractivity contribution is -0.140. The molecule has 1 fully saturated rings. The summed E-state index contributed by atoms with van der Waals surface area (Å²) in [5.41, 5.74) is 1.95. The van der Waals surface area contributed by atoms with Crippen LogP contribution in [0, 0.1) is 11.8 Å². The standard InChI is InChI=1S/C29H35F3N4O3/c1-5-18(2)8-9-19-7-6-11-35(16-19)27(37)21-13-22-25(24(15-21)38-4)34(3)26(33-22)23-14-20-10-12-39-28(20)36(23)17-29(30,31)32/h10,12-15,18-19H,5-9,11,16-17H2,1-4H3/t18?,19-/m0/s1. The van der Waals surface area contributed by atoms with Crippen LogP contribution in [0.5, 0.6) is 5.75 Å². The summed E-state index contributed by atoms with van der Waals surface area (Å²) < 4.78 is 54.2. The van der Waals surface area contributed by atoms with Crippen molar-refractivity contribution in [1.29, 1.82) is 0 Å². The van der Waals surface area contributed by atoms with Crippen LogP contribution in [-0.2, 0) is 13.6 Å². The first-order chi connectivity index (χ1) is 18.6. The predicted molar refractivity (Wildman–Crippen MR) is 144 cm³/mol. The van der Waals surface area contributed by atoms with Gasteiger partial charge in [0, 0.05) is 31.1 Å². The van der Waals surface area contributed by atoms with Crippen molar-refractivity contribution < 1.29 is 27.1 Å². The monoisotopic (exact) mass is 544 g/mol. The van der Waals surface area contributed by atoms with Crippen LogP contribution >= 0.6 is 0 Å². The fraction of sp³-hybridized carbons (Fsp3) is 0.517. The molecule has 1 aliphatic heterocycles. The summed E-state index contributed by atoms with van der Waals surface area (Å²) >= 11 is 0. The van der Waals surface area contributed by atoms with Gasteiger partial charge >= 0.3 is 6.18 Å². The molecule has 5 rings (SSSR count). The number of hydrogen-bond acceptors (Lipinski definition) is 4. The Hall–Kier alpha value is -3.43. The van der Waals surface area contributed by atoms with E-state index in [-0.39, 0.29) is 17.3 Å². The molecule has 1 aliphatic rings. The van der Waals surface area contributed by atoms with E-state index in [4.69, 9.17) is 14.1 Å². The number of amides is 1. The van der Waals surface area contributed by atoms with Gasteiger partial charge in [-0.05, 0) is 55.4 Å². The van der Waals surface area contributed by atoms with E-state index in [1.807, 2.05) is 4.90 Å². The molecular weight excluding hydrogens is 509 g/mol. The third-order valence-corrected chi connectivity index (χ3v) is 8.04. The summed E-state index contributed by atoms with van der Waals surface area (Å²) in [5, 5.41) is 0.553. The van der Waals surface area contributed by atoms with Gasteiger partial charge in [-0.15, -0.1) is 0 Å². The van der Waals surface area contributed by atoms with Crippen molar-refractivity contribution >= 4 is 28.0 Å². The number of fused-ring (bicyclic) bond motifs is 2. The second-order valence-corrected chi connectivity index (χ2v) is 10.8. The molecule has 4 aromatic rings. The van der Waals surface area contributed by atoms with Crippen LogP contribution in [0.3, 0.4) is 0 Å². The average molecular weight is 545 g/mol. The molecule has 1 amide bonds. The van der Waals surface area contributed by atoms with Crippen LogP contribution in [0.1, 0.15) is 56.3 Å². The number of imidazole rings is 1. The maximum atomic E-state index is 13.6. The summed E-state index contributed by atoms with van der Waals surface area (Å²) in [6.45, 7) is 4.70. The van der Waals surface area contributed by atoms with Crippen LogP contribution in [0.2, 0.25) is 0 Å². The smallest absolute Gasteiger partial charge is 0.406 e. The number of rotatable bonds is 8. The van der Waals surface area contributed by atoms with Gasteiger partial charge in [-0.3, -0.25) is 9.36 Å². The maximum absolute atomic E-state index is 13.6. The van der Waals surface area contributed by atoms with E-state index in [2.05, 4.69) is 13.8 Å². The number of aromatic nitrogens is 3. The lowest BCUT2D eigenvalue weighted by atomic mass is 9.89. The number of carbonyl (C=O) groups excluding carboxylic acids is 1. The highest BCUT2D eigenvalue weighted by Gasteiger charge is 2.32. The van der Waals surface area contributed by atoms with E-state index in [0.29, 0.717) is 51.9 Å². The van der Waals surface area contributed by atoms with Crippen molar-refractivity contribution in [2.45, 2.75) is 58.7 Å². The SMILES string of the molecule is CCC(C)CC[C@@H]1CCCN(C(=O)c2cc(OC)c3c(c2)nc(-c2cc4ccoc4n2CC(F)(F)F)n3C)C1. The number of methoxy groups -OCH3 is 1. The van der Waals surface area contributed by atoms with Crippen LogP contribution < -0.4 is 4.74 Å². The van der Waals surface area contributed by atoms with Gasteiger partial charge in [0.25, 0.3) is 5.91 Å². The number of aryl methyl sites for hydroxylation is 1. The van der Waals surface area contributed by atoms with E-state index in [1.54, 1.807) is 35.9 Å². The molecule has 210 valence electrons. The van der Waals surface area contributed by atoms with Gasteiger partial charge in [0.15, 0.2) is 5.82 Å². The fourth-order valence-electron chi connectivity index (χ4n) is 5.71. The highest BCUT2D eigenvalue weighted by molar-refractivity contribution is 6.00. The van der Waals surface area contributed by atoms with Crippen molar-refractivity contribution in [3.05, 3.63) is 36.1 Å². The first kappa shape index (κ1) is 27.1. The first-order valence-electron chi connectivity index (χ1n) is 13.6. The molecule has 1 unspecified atom stereocenters. The Morgan fingerprint density at radius 3 is 2.79 bits per heavy atom. The molecule has 1 saturated heterocycles. The van der Waals surface area contributed by atoms with Crippen molar-refractivity contribution in [2.75, 3.05) is 20.2 Å². The zero-order valence-corrected chi connectivity index (χ0v) is 22.8. The van der Waals surface area contributed by atoms with Crippen LogP contribution in [0.25, 0.3) is 33.7 Å². The van der Waals surface area contributed by atoms with Gasteiger partial charge < -0.3 is 18.6 Å². The van der Waals surface area contributed by atoms with Gasteiger partial charge in [-0.2, -0.15) is 13.2 Å². The molecule has 0 N–H and O–H groups in total. The number of piperidine rings is 1. The Kier molecular flexibility index (Phi) is 7.39. The van der Waals surface area contributed by atoms with E-state index < -0.39 is 12.7 Å². The third-order valence-electron chi connectivity index (χ3n) is 8.04. The molecule has 4 heterocycles. The van der Waals surface area contributed by atoms with Gasteiger partial charge in [0.2, 0.25) is 5.71 Å². The molecule has 0 saturated carbocycles. The number of furan rings is 1. The number of benzene rings is 1. The normalized spacial score (nSPS) is 17.3. The number of likely N-dealkylation sites (tertiary alicyclic amines) is 1. The molecule has 39 heavy (non-hydrogen) atoms. The Morgan fingerprint density at radius 2 is 2.08 bits per heavy atom. The van der Waals surface area contributed by atoms with Gasteiger partial charge in [0.05, 0.1) is 24.6 Å². The highest BCUT2D eigenvalue weighted by atomic mass is 19.4. The van der Waals surface area contributed by atoms with E-state index >= 15 is 0 Å². The maximum Gasteiger partial charge on any atom is 0.406 e. The van der Waals surface area contributed by atoms with Gasteiger partial charge in [-0.25, -0.2) is 4.98 Å². The fourth-order valence-corrected chi connectivity index (χ4v) is 5.71. The molecule has 0 aliphatic carbocycles. The lowest BCUT2D eigenvalue weighted by Crippen LogP contribution is -2.40. The number of hydrogen-bond donors (Lipinski definition) is 0. The molecule has 0 radical (unpaired) electrons. The second-order valence-electron chi connectivity index (χ2n) is 10.8. The van der Waals surface area contributed by atoms with Crippen LogP contribution in [0.15, 0.2) is 34.9 Å². The molecule has 0 bridgehead atoms. The minimum atomic E-state index is -4.45. The number of halogens is 3. The minimum absolute atomic E-state index is 0.0754. The predicted octanol–water partition coefficient (Wildman–Crippen LogP) is 7.04. The summed E-state index contributed by atoms with van der Waals surface area (Å²) in [6.07, 6.45) is 2.47. The summed E-state index contributed by atoms with van der Waals surface area (Å²) in [7, 11) is 3.25. The Bertz CT molecular complexity index is 1480. The first-order valence-corrected chi connectivity index (χ1v) is 13.6. The minimum Gasteiger partial charge on any atom is -0.494 e. The quantitative estimate of drug-likeness (QED) is 0.239. The average Bonchev–Trinajstić information content (AvgIpc) is 3.60. The van der Waals surface area contributed by atoms with E-state index in [1.165, 1.54) is 19.8 Å². The second kappa shape index (κ2) is 10.6. The molecule has 0 spiro atoms. The van der Waals surface area contributed by atoms with E-state index in [9.17, 15) is 18.0 Å². The number of ether oxygens (including phenoxy) is 1. The largest absolute Gasteiger partial charge is 0.494 e. The van der Waals surface area contributed by atoms with Gasteiger partial charge in [-0.1, -0.05) is 26.7 Å². The number of nitrogens with zero attached hydrogens (tertiary/aromatic N) is 4.